The van der Waals surface area contributed by atoms with Crippen molar-refractivity contribution in [3.8, 4) is 11.5 Å². The molecule has 3 heterocycles. The van der Waals surface area contributed by atoms with Crippen molar-refractivity contribution < 1.29 is 23.7 Å². The molecule has 23 heavy (non-hydrogen) atoms. The number of halogens is 1. The molecule has 1 amide bonds. The summed E-state index contributed by atoms with van der Waals surface area (Å²) in [5, 5.41) is 0.394. The van der Waals surface area contributed by atoms with Gasteiger partial charge in [0.15, 0.2) is 17.8 Å². The SMILES string of the molecule is O=C(c1cc(Cl)c2c(c1)OCO2)N1CCCC[C@H]1C1OCCO1. The lowest BCUT2D eigenvalue weighted by Gasteiger charge is -2.38. The van der Waals surface area contributed by atoms with E-state index in [0.717, 1.165) is 19.3 Å². The van der Waals surface area contributed by atoms with Gasteiger partial charge < -0.3 is 23.8 Å². The summed E-state index contributed by atoms with van der Waals surface area (Å²) in [4.78, 5) is 14.8. The lowest BCUT2D eigenvalue weighted by atomic mass is 10.00. The Morgan fingerprint density at radius 1 is 1.17 bits per heavy atom. The lowest BCUT2D eigenvalue weighted by molar-refractivity contribution is -0.100. The zero-order valence-corrected chi connectivity index (χ0v) is 13.4. The van der Waals surface area contributed by atoms with Crippen molar-refractivity contribution in [3.63, 3.8) is 0 Å². The molecule has 0 unspecified atom stereocenters. The fraction of sp³-hybridized carbons (Fsp3) is 0.562. The fourth-order valence-electron chi connectivity index (χ4n) is 3.35. The number of carbonyl (C=O) groups excluding carboxylic acids is 1. The predicted octanol–water partition coefficient (Wildman–Crippen LogP) is 2.44. The second-order valence-electron chi connectivity index (χ2n) is 5.86. The first-order valence-corrected chi connectivity index (χ1v) is 8.25. The van der Waals surface area contributed by atoms with E-state index >= 15 is 0 Å². The minimum atomic E-state index is -0.330. The summed E-state index contributed by atoms with van der Waals surface area (Å²) >= 11 is 6.20. The number of likely N-dealkylation sites (tertiary alicyclic amines) is 1. The molecule has 124 valence electrons. The van der Waals surface area contributed by atoms with Gasteiger partial charge in [-0.3, -0.25) is 4.79 Å². The van der Waals surface area contributed by atoms with Gasteiger partial charge in [0.05, 0.1) is 24.3 Å². The molecule has 1 aromatic carbocycles. The molecule has 0 saturated carbocycles. The van der Waals surface area contributed by atoms with E-state index in [2.05, 4.69) is 0 Å². The Labute approximate surface area is 139 Å². The quantitative estimate of drug-likeness (QED) is 0.828. The van der Waals surface area contributed by atoms with Gasteiger partial charge in [-0.1, -0.05) is 11.6 Å². The average molecular weight is 340 g/mol. The number of benzene rings is 1. The van der Waals surface area contributed by atoms with Gasteiger partial charge in [-0.15, -0.1) is 0 Å². The molecule has 2 saturated heterocycles. The normalized spacial score (nSPS) is 24.2. The van der Waals surface area contributed by atoms with E-state index in [1.54, 1.807) is 12.1 Å². The molecule has 1 aromatic rings. The predicted molar refractivity (Wildman–Crippen MR) is 81.9 cm³/mol. The van der Waals surface area contributed by atoms with E-state index in [9.17, 15) is 4.79 Å². The van der Waals surface area contributed by atoms with Crippen LogP contribution in [0.3, 0.4) is 0 Å². The van der Waals surface area contributed by atoms with Crippen molar-refractivity contribution in [2.45, 2.75) is 31.6 Å². The molecule has 0 N–H and O–H groups in total. The number of hydrogen-bond donors (Lipinski definition) is 0. The molecule has 0 spiro atoms. The highest BCUT2D eigenvalue weighted by Crippen LogP contribution is 2.40. The number of nitrogens with zero attached hydrogens (tertiary/aromatic N) is 1. The second kappa shape index (κ2) is 6.19. The number of piperidine rings is 1. The number of fused-ring (bicyclic) bond motifs is 1. The summed E-state index contributed by atoms with van der Waals surface area (Å²) in [6.45, 7) is 1.99. The van der Waals surface area contributed by atoms with Crippen LogP contribution >= 0.6 is 11.6 Å². The maximum absolute atomic E-state index is 13.0. The number of ether oxygens (including phenoxy) is 4. The average Bonchev–Trinajstić information content (AvgIpc) is 3.25. The first-order chi connectivity index (χ1) is 11.2. The van der Waals surface area contributed by atoms with Crippen molar-refractivity contribution in [2.75, 3.05) is 26.6 Å². The molecular formula is C16H18ClNO5. The summed E-state index contributed by atoms with van der Waals surface area (Å²) in [7, 11) is 0. The topological polar surface area (TPSA) is 57.2 Å². The van der Waals surface area contributed by atoms with Gasteiger partial charge in [0.25, 0.3) is 5.91 Å². The molecule has 0 aromatic heterocycles. The molecule has 0 bridgehead atoms. The maximum atomic E-state index is 13.0. The first kappa shape index (κ1) is 15.1. The number of hydrogen-bond acceptors (Lipinski definition) is 5. The standard InChI is InChI=1S/C16H18ClNO5/c17-11-7-10(8-13-14(11)23-9-22-13)15(19)18-4-2-1-3-12(18)16-20-5-6-21-16/h7-8,12,16H,1-6,9H2/t12-/m0/s1. The highest BCUT2D eigenvalue weighted by Gasteiger charge is 2.37. The van der Waals surface area contributed by atoms with Crippen LogP contribution in [0.25, 0.3) is 0 Å². The Bertz CT molecular complexity index is 617. The Morgan fingerprint density at radius 2 is 2.00 bits per heavy atom. The van der Waals surface area contributed by atoms with Crippen LogP contribution in [0.2, 0.25) is 5.02 Å². The molecule has 3 aliphatic heterocycles. The highest BCUT2D eigenvalue weighted by molar-refractivity contribution is 6.32. The van der Waals surface area contributed by atoms with Crippen molar-refractivity contribution in [1.29, 1.82) is 0 Å². The third-order valence-corrected chi connectivity index (χ3v) is 4.73. The van der Waals surface area contributed by atoms with E-state index in [4.69, 9.17) is 30.5 Å². The molecule has 0 aliphatic carbocycles. The van der Waals surface area contributed by atoms with Crippen LogP contribution in [0.5, 0.6) is 11.5 Å². The summed E-state index contributed by atoms with van der Waals surface area (Å²) in [6, 6.07) is 3.28. The van der Waals surface area contributed by atoms with E-state index < -0.39 is 0 Å². The number of rotatable bonds is 2. The van der Waals surface area contributed by atoms with Crippen molar-refractivity contribution >= 4 is 17.5 Å². The minimum absolute atomic E-state index is 0.0528. The number of amides is 1. The Hall–Kier alpha value is -1.50. The Kier molecular flexibility index (Phi) is 4.05. The molecule has 6 nitrogen and oxygen atoms in total. The summed E-state index contributed by atoms with van der Waals surface area (Å²) in [5.41, 5.74) is 0.504. The molecule has 7 heteroatoms. The molecular weight excluding hydrogens is 322 g/mol. The first-order valence-electron chi connectivity index (χ1n) is 7.87. The van der Waals surface area contributed by atoms with Crippen LogP contribution in [-0.2, 0) is 9.47 Å². The van der Waals surface area contributed by atoms with Crippen molar-refractivity contribution in [2.24, 2.45) is 0 Å². The van der Waals surface area contributed by atoms with Crippen molar-refractivity contribution in [1.82, 2.24) is 4.90 Å². The van der Waals surface area contributed by atoms with Crippen LogP contribution in [0, 0.1) is 0 Å². The lowest BCUT2D eigenvalue weighted by Crippen LogP contribution is -2.50. The molecule has 3 aliphatic rings. The zero-order chi connectivity index (χ0) is 15.8. The summed E-state index contributed by atoms with van der Waals surface area (Å²) in [5.74, 6) is 0.942. The molecule has 1 atom stereocenters. The van der Waals surface area contributed by atoms with Gasteiger partial charge in [0, 0.05) is 12.1 Å². The maximum Gasteiger partial charge on any atom is 0.254 e. The van der Waals surface area contributed by atoms with Gasteiger partial charge in [-0.25, -0.2) is 0 Å². The summed E-state index contributed by atoms with van der Waals surface area (Å²) in [6.07, 6.45) is 2.60. The van der Waals surface area contributed by atoms with E-state index in [-0.39, 0.29) is 25.0 Å². The van der Waals surface area contributed by atoms with Crippen LogP contribution in [0.4, 0.5) is 0 Å². The van der Waals surface area contributed by atoms with Gasteiger partial charge in [-0.05, 0) is 31.4 Å². The van der Waals surface area contributed by atoms with Crippen molar-refractivity contribution in [3.05, 3.63) is 22.7 Å². The Balaban J connectivity index is 1.60. The zero-order valence-electron chi connectivity index (χ0n) is 12.6. The molecule has 2 fully saturated rings. The van der Waals surface area contributed by atoms with Gasteiger partial charge >= 0.3 is 0 Å². The second-order valence-corrected chi connectivity index (χ2v) is 6.27. The third-order valence-electron chi connectivity index (χ3n) is 4.45. The van der Waals surface area contributed by atoms with E-state index in [1.807, 2.05) is 4.90 Å². The smallest absolute Gasteiger partial charge is 0.254 e. The monoisotopic (exact) mass is 339 g/mol. The number of carbonyl (C=O) groups is 1. The summed E-state index contributed by atoms with van der Waals surface area (Å²) < 4.78 is 21.9. The van der Waals surface area contributed by atoms with Crippen LogP contribution in [0.15, 0.2) is 12.1 Å². The van der Waals surface area contributed by atoms with E-state index in [1.165, 1.54) is 0 Å². The Morgan fingerprint density at radius 3 is 2.83 bits per heavy atom. The third kappa shape index (κ3) is 2.75. The van der Waals surface area contributed by atoms with Crippen LogP contribution in [-0.4, -0.2) is 49.7 Å². The van der Waals surface area contributed by atoms with Gasteiger partial charge in [0.2, 0.25) is 6.79 Å². The van der Waals surface area contributed by atoms with Crippen LogP contribution in [0.1, 0.15) is 29.6 Å². The fourth-order valence-corrected chi connectivity index (χ4v) is 3.61. The highest BCUT2D eigenvalue weighted by atomic mass is 35.5. The van der Waals surface area contributed by atoms with Crippen LogP contribution < -0.4 is 9.47 Å². The largest absolute Gasteiger partial charge is 0.454 e. The van der Waals surface area contributed by atoms with E-state index in [0.29, 0.717) is 41.8 Å². The van der Waals surface area contributed by atoms with Gasteiger partial charge in [0.1, 0.15) is 0 Å². The molecule has 0 radical (unpaired) electrons. The minimum Gasteiger partial charge on any atom is -0.454 e. The molecule has 4 rings (SSSR count). The van der Waals surface area contributed by atoms with Gasteiger partial charge in [-0.2, -0.15) is 0 Å².